The summed E-state index contributed by atoms with van der Waals surface area (Å²) in [6.45, 7) is 6.45. The van der Waals surface area contributed by atoms with Crippen molar-refractivity contribution in [2.75, 3.05) is 26.2 Å². The molecule has 2 aliphatic heterocycles. The Kier molecular flexibility index (Phi) is 5.59. The topological polar surface area (TPSA) is 69.7 Å². The number of rotatable bonds is 3. The number of carbonyl (C=O) groups is 3. The van der Waals surface area contributed by atoms with Crippen LogP contribution in [-0.4, -0.2) is 59.7 Å². The Bertz CT molecular complexity index is 716. The minimum atomic E-state index is -0.389. The van der Waals surface area contributed by atoms with Crippen molar-refractivity contribution in [1.82, 2.24) is 15.1 Å². The molecule has 0 spiro atoms. The third-order valence-corrected chi connectivity index (χ3v) is 5.30. The van der Waals surface area contributed by atoms with Crippen molar-refractivity contribution in [2.45, 2.75) is 45.6 Å². The molecule has 1 unspecified atom stereocenters. The van der Waals surface area contributed by atoms with E-state index in [9.17, 15) is 14.4 Å². The molecule has 140 valence electrons. The van der Waals surface area contributed by atoms with E-state index in [0.717, 1.165) is 23.1 Å². The van der Waals surface area contributed by atoms with E-state index in [0.29, 0.717) is 45.4 Å². The van der Waals surface area contributed by atoms with Crippen molar-refractivity contribution in [3.63, 3.8) is 0 Å². The summed E-state index contributed by atoms with van der Waals surface area (Å²) in [4.78, 5) is 40.3. The van der Waals surface area contributed by atoms with E-state index in [2.05, 4.69) is 23.5 Å². The lowest BCUT2D eigenvalue weighted by Crippen LogP contribution is -2.46. The van der Waals surface area contributed by atoms with E-state index < -0.39 is 0 Å². The zero-order valence-corrected chi connectivity index (χ0v) is 15.6. The van der Waals surface area contributed by atoms with Crippen molar-refractivity contribution in [3.8, 4) is 0 Å². The van der Waals surface area contributed by atoms with E-state index in [1.165, 1.54) is 0 Å². The van der Waals surface area contributed by atoms with Gasteiger partial charge in [-0.25, -0.2) is 0 Å². The molecule has 1 aromatic rings. The van der Waals surface area contributed by atoms with Crippen LogP contribution in [-0.2, 0) is 20.8 Å². The first-order valence-electron chi connectivity index (χ1n) is 9.36. The maximum absolute atomic E-state index is 12.7. The van der Waals surface area contributed by atoms with Crippen LogP contribution >= 0.6 is 0 Å². The van der Waals surface area contributed by atoms with Crippen molar-refractivity contribution in [3.05, 3.63) is 34.9 Å². The maximum atomic E-state index is 12.7. The van der Waals surface area contributed by atoms with Gasteiger partial charge >= 0.3 is 0 Å². The highest BCUT2D eigenvalue weighted by atomic mass is 16.2. The van der Waals surface area contributed by atoms with Gasteiger partial charge in [0.15, 0.2) is 0 Å². The number of nitrogens with one attached hydrogen (secondary N) is 1. The molecule has 6 nitrogen and oxygen atoms in total. The molecule has 0 saturated carbocycles. The van der Waals surface area contributed by atoms with Crippen LogP contribution in [0.1, 0.15) is 36.0 Å². The van der Waals surface area contributed by atoms with Gasteiger partial charge in [0.1, 0.15) is 6.04 Å². The fraction of sp³-hybridized carbons (Fsp3) is 0.550. The van der Waals surface area contributed by atoms with Gasteiger partial charge in [0, 0.05) is 32.6 Å². The third-order valence-electron chi connectivity index (χ3n) is 5.30. The first-order valence-corrected chi connectivity index (χ1v) is 9.36. The molecule has 0 aromatic heterocycles. The third kappa shape index (κ3) is 4.23. The van der Waals surface area contributed by atoms with Crippen LogP contribution in [0.4, 0.5) is 0 Å². The first-order chi connectivity index (χ1) is 12.4. The Morgan fingerprint density at radius 1 is 1.12 bits per heavy atom. The van der Waals surface area contributed by atoms with Gasteiger partial charge in [-0.15, -0.1) is 0 Å². The van der Waals surface area contributed by atoms with Crippen LogP contribution in [0, 0.1) is 13.8 Å². The molecule has 0 aliphatic carbocycles. The molecule has 1 aromatic carbocycles. The lowest BCUT2D eigenvalue weighted by atomic mass is 10.0. The largest absolute Gasteiger partial charge is 0.344 e. The standard InChI is InChI=1S/C20H27N3O3/c1-14-4-5-15(2)16(12-14)13-19(25)22-8-3-9-23(11-10-22)20(26)17-6-7-18(24)21-17/h4-5,12,17H,3,6-11,13H2,1-2H3,(H,21,24). The van der Waals surface area contributed by atoms with Crippen molar-refractivity contribution in [2.24, 2.45) is 0 Å². The number of benzene rings is 1. The van der Waals surface area contributed by atoms with E-state index >= 15 is 0 Å². The second-order valence-corrected chi connectivity index (χ2v) is 7.33. The van der Waals surface area contributed by atoms with Gasteiger partial charge in [-0.2, -0.15) is 0 Å². The molecular weight excluding hydrogens is 330 g/mol. The van der Waals surface area contributed by atoms with Gasteiger partial charge in [-0.1, -0.05) is 23.8 Å². The number of aryl methyl sites for hydroxylation is 2. The quantitative estimate of drug-likeness (QED) is 0.883. The smallest absolute Gasteiger partial charge is 0.245 e. The van der Waals surface area contributed by atoms with Crippen molar-refractivity contribution < 1.29 is 14.4 Å². The van der Waals surface area contributed by atoms with Gasteiger partial charge < -0.3 is 15.1 Å². The summed E-state index contributed by atoms with van der Waals surface area (Å²) in [5.41, 5.74) is 3.36. The molecule has 2 aliphatic rings. The van der Waals surface area contributed by atoms with Crippen molar-refractivity contribution in [1.29, 1.82) is 0 Å². The minimum absolute atomic E-state index is 0.0142. The SMILES string of the molecule is Cc1ccc(C)c(CC(=O)N2CCCN(C(=O)C3CCC(=O)N3)CC2)c1. The molecule has 6 heteroatoms. The Balaban J connectivity index is 1.57. The number of hydrogen-bond acceptors (Lipinski definition) is 3. The summed E-state index contributed by atoms with van der Waals surface area (Å²) in [5, 5.41) is 2.74. The molecule has 2 saturated heterocycles. The highest BCUT2D eigenvalue weighted by Gasteiger charge is 2.32. The van der Waals surface area contributed by atoms with Gasteiger partial charge in [-0.3, -0.25) is 14.4 Å². The maximum Gasteiger partial charge on any atom is 0.245 e. The van der Waals surface area contributed by atoms with Gasteiger partial charge in [0.05, 0.1) is 6.42 Å². The second kappa shape index (κ2) is 7.89. The fourth-order valence-corrected chi connectivity index (χ4v) is 3.67. The van der Waals surface area contributed by atoms with Crippen LogP contribution in [0.2, 0.25) is 0 Å². The summed E-state index contributed by atoms with van der Waals surface area (Å²) in [6.07, 6.45) is 2.17. The number of nitrogens with zero attached hydrogens (tertiary/aromatic N) is 2. The van der Waals surface area contributed by atoms with E-state index in [4.69, 9.17) is 0 Å². The zero-order valence-electron chi connectivity index (χ0n) is 15.6. The molecule has 1 atom stereocenters. The average Bonchev–Trinajstić information content (AvgIpc) is 2.90. The Labute approximate surface area is 154 Å². The molecule has 0 radical (unpaired) electrons. The number of hydrogen-bond donors (Lipinski definition) is 1. The molecule has 2 fully saturated rings. The van der Waals surface area contributed by atoms with Gasteiger partial charge in [0.2, 0.25) is 17.7 Å². The van der Waals surface area contributed by atoms with Crippen molar-refractivity contribution >= 4 is 17.7 Å². The molecule has 1 N–H and O–H groups in total. The lowest BCUT2D eigenvalue weighted by molar-refractivity contribution is -0.135. The minimum Gasteiger partial charge on any atom is -0.344 e. The molecule has 26 heavy (non-hydrogen) atoms. The Hall–Kier alpha value is -2.37. The molecule has 2 heterocycles. The summed E-state index contributed by atoms with van der Waals surface area (Å²) in [7, 11) is 0. The summed E-state index contributed by atoms with van der Waals surface area (Å²) in [6, 6.07) is 5.79. The normalized spacial score (nSPS) is 20.7. The molecule has 0 bridgehead atoms. The fourth-order valence-electron chi connectivity index (χ4n) is 3.67. The Morgan fingerprint density at radius 3 is 2.58 bits per heavy atom. The van der Waals surface area contributed by atoms with Crippen LogP contribution in [0.3, 0.4) is 0 Å². The number of amides is 3. The van der Waals surface area contributed by atoms with Crippen LogP contribution in [0.5, 0.6) is 0 Å². The number of carbonyl (C=O) groups excluding carboxylic acids is 3. The second-order valence-electron chi connectivity index (χ2n) is 7.33. The van der Waals surface area contributed by atoms with Crippen LogP contribution < -0.4 is 5.32 Å². The van der Waals surface area contributed by atoms with E-state index in [1.807, 2.05) is 18.7 Å². The first kappa shape index (κ1) is 18.4. The van der Waals surface area contributed by atoms with Crippen LogP contribution in [0.25, 0.3) is 0 Å². The predicted molar refractivity (Wildman–Crippen MR) is 98.6 cm³/mol. The lowest BCUT2D eigenvalue weighted by Gasteiger charge is -2.24. The molecule has 3 rings (SSSR count). The van der Waals surface area contributed by atoms with Gasteiger partial charge in [0.25, 0.3) is 0 Å². The van der Waals surface area contributed by atoms with E-state index in [1.54, 1.807) is 4.90 Å². The van der Waals surface area contributed by atoms with E-state index in [-0.39, 0.29) is 23.8 Å². The zero-order chi connectivity index (χ0) is 18.7. The molecular formula is C20H27N3O3. The average molecular weight is 357 g/mol. The monoisotopic (exact) mass is 357 g/mol. The van der Waals surface area contributed by atoms with Gasteiger partial charge in [-0.05, 0) is 37.8 Å². The summed E-state index contributed by atoms with van der Waals surface area (Å²) < 4.78 is 0. The van der Waals surface area contributed by atoms with Crippen LogP contribution in [0.15, 0.2) is 18.2 Å². The molecule has 3 amide bonds. The highest BCUT2D eigenvalue weighted by Crippen LogP contribution is 2.15. The summed E-state index contributed by atoms with van der Waals surface area (Å²) >= 11 is 0. The summed E-state index contributed by atoms with van der Waals surface area (Å²) in [5.74, 6) is 0.0466. The predicted octanol–water partition coefficient (Wildman–Crippen LogP) is 1.19. The Morgan fingerprint density at radius 2 is 1.85 bits per heavy atom. The highest BCUT2D eigenvalue weighted by molar-refractivity contribution is 5.90.